The van der Waals surface area contributed by atoms with E-state index in [0.29, 0.717) is 0 Å². The summed E-state index contributed by atoms with van der Waals surface area (Å²) in [4.78, 5) is 0. The molecule has 0 aliphatic rings. The van der Waals surface area contributed by atoms with E-state index in [0.717, 1.165) is 22.9 Å². The van der Waals surface area contributed by atoms with Gasteiger partial charge in [-0.1, -0.05) is 29.3 Å². The minimum absolute atomic E-state index is 0.00600. The highest BCUT2D eigenvalue weighted by atomic mass is 79.9. The standard InChI is InChI=1S/C10H14BrNO/c1-2-3-10(12)8-6-7(13)4-5-9(8)11/h4-6,10,13H,2-3,12H2,1H3/t10-/m1/s1. The van der Waals surface area contributed by atoms with E-state index in [1.165, 1.54) is 0 Å². The van der Waals surface area contributed by atoms with Gasteiger partial charge in [0.1, 0.15) is 5.75 Å². The number of halogens is 1. The van der Waals surface area contributed by atoms with Crippen molar-refractivity contribution in [2.45, 2.75) is 25.8 Å². The lowest BCUT2D eigenvalue weighted by molar-refractivity contribution is 0.473. The Morgan fingerprint density at radius 2 is 2.23 bits per heavy atom. The van der Waals surface area contributed by atoms with Crippen LogP contribution >= 0.6 is 15.9 Å². The first-order chi connectivity index (χ1) is 6.15. The van der Waals surface area contributed by atoms with Crippen LogP contribution in [0.5, 0.6) is 5.75 Å². The third-order valence-corrected chi connectivity index (χ3v) is 2.70. The SMILES string of the molecule is CCC[C@@H](N)c1cc(O)ccc1Br. The Kier molecular flexibility index (Phi) is 3.75. The summed E-state index contributed by atoms with van der Waals surface area (Å²) in [7, 11) is 0. The molecular formula is C10H14BrNO. The molecule has 0 saturated heterocycles. The molecule has 0 radical (unpaired) electrons. The number of aromatic hydroxyl groups is 1. The molecule has 0 fully saturated rings. The molecular weight excluding hydrogens is 230 g/mol. The summed E-state index contributed by atoms with van der Waals surface area (Å²) in [5, 5.41) is 9.28. The Balaban J connectivity index is 2.91. The monoisotopic (exact) mass is 243 g/mol. The minimum Gasteiger partial charge on any atom is -0.508 e. The van der Waals surface area contributed by atoms with E-state index < -0.39 is 0 Å². The molecule has 3 N–H and O–H groups in total. The van der Waals surface area contributed by atoms with Crippen LogP contribution in [-0.2, 0) is 0 Å². The second-order valence-electron chi connectivity index (χ2n) is 3.10. The molecule has 0 unspecified atom stereocenters. The molecule has 2 nitrogen and oxygen atoms in total. The Labute approximate surface area is 86.9 Å². The van der Waals surface area contributed by atoms with E-state index in [4.69, 9.17) is 5.73 Å². The number of phenolic OH excluding ortho intramolecular Hbond substituents is 1. The molecule has 0 bridgehead atoms. The predicted molar refractivity (Wildman–Crippen MR) is 57.6 cm³/mol. The van der Waals surface area contributed by atoms with Gasteiger partial charge in [0.05, 0.1) is 0 Å². The highest BCUT2D eigenvalue weighted by Gasteiger charge is 2.09. The van der Waals surface area contributed by atoms with Crippen molar-refractivity contribution in [1.29, 1.82) is 0 Å². The first-order valence-corrected chi connectivity index (χ1v) is 5.18. The van der Waals surface area contributed by atoms with Crippen LogP contribution in [0.4, 0.5) is 0 Å². The van der Waals surface area contributed by atoms with E-state index in [1.54, 1.807) is 12.1 Å². The second-order valence-corrected chi connectivity index (χ2v) is 3.96. The lowest BCUT2D eigenvalue weighted by atomic mass is 10.0. The number of phenols is 1. The Hall–Kier alpha value is -0.540. The van der Waals surface area contributed by atoms with Crippen molar-refractivity contribution >= 4 is 15.9 Å². The largest absolute Gasteiger partial charge is 0.508 e. The predicted octanol–water partition coefficient (Wildman–Crippen LogP) is 2.95. The van der Waals surface area contributed by atoms with Crippen LogP contribution in [0.25, 0.3) is 0 Å². The van der Waals surface area contributed by atoms with Gasteiger partial charge in [0.25, 0.3) is 0 Å². The number of hydrogen-bond donors (Lipinski definition) is 2. The molecule has 0 amide bonds. The molecule has 1 atom stereocenters. The molecule has 0 spiro atoms. The van der Waals surface area contributed by atoms with Crippen LogP contribution in [0.1, 0.15) is 31.4 Å². The number of nitrogens with two attached hydrogens (primary N) is 1. The van der Waals surface area contributed by atoms with Crippen LogP contribution in [0.15, 0.2) is 22.7 Å². The summed E-state index contributed by atoms with van der Waals surface area (Å²) in [6.07, 6.45) is 1.98. The van der Waals surface area contributed by atoms with Crippen molar-refractivity contribution in [2.75, 3.05) is 0 Å². The molecule has 0 saturated carbocycles. The van der Waals surface area contributed by atoms with Gasteiger partial charge in [-0.15, -0.1) is 0 Å². The molecule has 0 aromatic heterocycles. The van der Waals surface area contributed by atoms with Crippen LogP contribution in [0.2, 0.25) is 0 Å². The number of benzene rings is 1. The second kappa shape index (κ2) is 4.63. The lowest BCUT2D eigenvalue weighted by Gasteiger charge is -2.12. The average Bonchev–Trinajstić information content (AvgIpc) is 2.09. The molecule has 0 aliphatic carbocycles. The summed E-state index contributed by atoms with van der Waals surface area (Å²) in [6, 6.07) is 5.18. The van der Waals surface area contributed by atoms with Crippen molar-refractivity contribution in [2.24, 2.45) is 5.73 Å². The van der Waals surface area contributed by atoms with Gasteiger partial charge in [0.15, 0.2) is 0 Å². The van der Waals surface area contributed by atoms with E-state index in [9.17, 15) is 5.11 Å². The van der Waals surface area contributed by atoms with Gasteiger partial charge < -0.3 is 10.8 Å². The summed E-state index contributed by atoms with van der Waals surface area (Å²) in [5.41, 5.74) is 6.91. The fourth-order valence-electron chi connectivity index (χ4n) is 1.28. The highest BCUT2D eigenvalue weighted by molar-refractivity contribution is 9.10. The number of rotatable bonds is 3. The molecule has 1 aromatic rings. The Bertz CT molecular complexity index is 288. The third kappa shape index (κ3) is 2.71. The molecule has 1 aromatic carbocycles. The van der Waals surface area contributed by atoms with Crippen LogP contribution in [0.3, 0.4) is 0 Å². The van der Waals surface area contributed by atoms with Crippen molar-refractivity contribution in [1.82, 2.24) is 0 Å². The molecule has 72 valence electrons. The van der Waals surface area contributed by atoms with Crippen LogP contribution in [-0.4, -0.2) is 5.11 Å². The zero-order valence-corrected chi connectivity index (χ0v) is 9.21. The van der Waals surface area contributed by atoms with E-state index in [-0.39, 0.29) is 11.8 Å². The quantitative estimate of drug-likeness (QED) is 0.858. The molecule has 1 rings (SSSR count). The third-order valence-electron chi connectivity index (χ3n) is 1.98. The molecule has 3 heteroatoms. The topological polar surface area (TPSA) is 46.2 Å². The van der Waals surface area contributed by atoms with E-state index in [1.807, 2.05) is 6.07 Å². The maximum absolute atomic E-state index is 9.28. The van der Waals surface area contributed by atoms with Gasteiger partial charge in [-0.05, 0) is 30.2 Å². The van der Waals surface area contributed by atoms with E-state index >= 15 is 0 Å². The summed E-state index contributed by atoms with van der Waals surface area (Å²) in [6.45, 7) is 2.09. The maximum Gasteiger partial charge on any atom is 0.115 e. The number of hydrogen-bond acceptors (Lipinski definition) is 2. The first kappa shape index (κ1) is 10.5. The summed E-state index contributed by atoms with van der Waals surface area (Å²) < 4.78 is 0.964. The highest BCUT2D eigenvalue weighted by Crippen LogP contribution is 2.28. The maximum atomic E-state index is 9.28. The van der Waals surface area contributed by atoms with Crippen molar-refractivity contribution in [3.63, 3.8) is 0 Å². The van der Waals surface area contributed by atoms with Gasteiger partial charge in [-0.25, -0.2) is 0 Å². The van der Waals surface area contributed by atoms with Gasteiger partial charge in [0.2, 0.25) is 0 Å². The first-order valence-electron chi connectivity index (χ1n) is 4.39. The van der Waals surface area contributed by atoms with E-state index in [2.05, 4.69) is 22.9 Å². The van der Waals surface area contributed by atoms with Crippen molar-refractivity contribution in [3.05, 3.63) is 28.2 Å². The van der Waals surface area contributed by atoms with Crippen molar-refractivity contribution < 1.29 is 5.11 Å². The van der Waals surface area contributed by atoms with Gasteiger partial charge in [-0.3, -0.25) is 0 Å². The van der Waals surface area contributed by atoms with Gasteiger partial charge in [0, 0.05) is 10.5 Å². The molecule has 13 heavy (non-hydrogen) atoms. The zero-order chi connectivity index (χ0) is 9.84. The minimum atomic E-state index is 0.00600. The molecule has 0 aliphatic heterocycles. The van der Waals surface area contributed by atoms with Crippen LogP contribution in [0, 0.1) is 0 Å². The smallest absolute Gasteiger partial charge is 0.115 e. The molecule has 0 heterocycles. The Morgan fingerprint density at radius 3 is 2.85 bits per heavy atom. The van der Waals surface area contributed by atoms with Gasteiger partial charge in [-0.2, -0.15) is 0 Å². The van der Waals surface area contributed by atoms with Crippen molar-refractivity contribution in [3.8, 4) is 5.75 Å². The fraction of sp³-hybridized carbons (Fsp3) is 0.400. The van der Waals surface area contributed by atoms with Crippen LogP contribution < -0.4 is 5.73 Å². The average molecular weight is 244 g/mol. The fourth-order valence-corrected chi connectivity index (χ4v) is 1.82. The summed E-state index contributed by atoms with van der Waals surface area (Å²) >= 11 is 3.41. The Morgan fingerprint density at radius 1 is 1.54 bits per heavy atom. The zero-order valence-electron chi connectivity index (χ0n) is 7.63. The lowest BCUT2D eigenvalue weighted by Crippen LogP contribution is -2.10. The normalized spacial score (nSPS) is 12.8. The van der Waals surface area contributed by atoms with Gasteiger partial charge >= 0.3 is 0 Å². The summed E-state index contributed by atoms with van der Waals surface area (Å²) in [5.74, 6) is 0.268.